The van der Waals surface area contributed by atoms with Gasteiger partial charge >= 0.3 is 0 Å². The van der Waals surface area contributed by atoms with E-state index in [4.69, 9.17) is 4.74 Å². The monoisotopic (exact) mass is 210 g/mol. The second-order valence-electron chi connectivity index (χ2n) is 2.92. The fourth-order valence-corrected chi connectivity index (χ4v) is 1.01. The Bertz CT molecular complexity index is 354. The fourth-order valence-electron chi connectivity index (χ4n) is 1.01. The Hall–Kier alpha value is -1.85. The molecule has 0 saturated carbocycles. The number of nitrogens with zero attached hydrogens (tertiary/aromatic N) is 4. The SMILES string of the molecule is CCO/C=N/N(C)c1n[n+]([O-])ccc1C. The molecule has 0 aliphatic carbocycles. The second kappa shape index (κ2) is 5.14. The summed E-state index contributed by atoms with van der Waals surface area (Å²) in [6.45, 7) is 4.28. The molecule has 15 heavy (non-hydrogen) atoms. The van der Waals surface area contributed by atoms with Gasteiger partial charge in [0.1, 0.15) is 0 Å². The van der Waals surface area contributed by atoms with Crippen molar-refractivity contribution in [1.29, 1.82) is 0 Å². The van der Waals surface area contributed by atoms with Gasteiger partial charge in [-0.1, -0.05) is 4.85 Å². The van der Waals surface area contributed by atoms with Crippen LogP contribution in [0.25, 0.3) is 0 Å². The lowest BCUT2D eigenvalue weighted by molar-refractivity contribution is -0.668. The van der Waals surface area contributed by atoms with Crippen LogP contribution in [-0.2, 0) is 4.74 Å². The number of hydrazone groups is 1. The summed E-state index contributed by atoms with van der Waals surface area (Å²) < 4.78 is 4.95. The molecular weight excluding hydrogens is 196 g/mol. The largest absolute Gasteiger partial charge is 0.594 e. The Labute approximate surface area is 88.4 Å². The van der Waals surface area contributed by atoms with Crippen molar-refractivity contribution >= 4 is 12.2 Å². The first kappa shape index (κ1) is 11.2. The standard InChI is InChI=1S/C9H14N4O2/c1-4-15-7-10-12(3)9-8(2)5-6-13(14)11-9/h5-7H,4H2,1-3H3/b10-7+. The topological polar surface area (TPSA) is 64.7 Å². The Morgan fingerprint density at radius 2 is 2.47 bits per heavy atom. The van der Waals surface area contributed by atoms with Gasteiger partial charge in [-0.2, -0.15) is 0 Å². The lowest BCUT2D eigenvalue weighted by atomic mass is 10.3. The van der Waals surface area contributed by atoms with Crippen molar-refractivity contribution in [3.8, 4) is 0 Å². The van der Waals surface area contributed by atoms with Crippen molar-refractivity contribution in [3.05, 3.63) is 23.0 Å². The van der Waals surface area contributed by atoms with E-state index < -0.39 is 0 Å². The van der Waals surface area contributed by atoms with Crippen molar-refractivity contribution < 1.29 is 9.58 Å². The van der Waals surface area contributed by atoms with Crippen LogP contribution in [0.5, 0.6) is 0 Å². The summed E-state index contributed by atoms with van der Waals surface area (Å²) in [6.07, 6.45) is 2.67. The maximum absolute atomic E-state index is 11.0. The first-order valence-electron chi connectivity index (χ1n) is 4.60. The van der Waals surface area contributed by atoms with E-state index in [0.29, 0.717) is 17.3 Å². The summed E-state index contributed by atoms with van der Waals surface area (Å²) >= 11 is 0. The predicted octanol–water partition coefficient (Wildman–Crippen LogP) is 0.439. The Morgan fingerprint density at radius 3 is 3.13 bits per heavy atom. The van der Waals surface area contributed by atoms with Crippen molar-refractivity contribution in [3.63, 3.8) is 0 Å². The predicted molar refractivity (Wildman–Crippen MR) is 56.5 cm³/mol. The second-order valence-corrected chi connectivity index (χ2v) is 2.92. The molecule has 82 valence electrons. The van der Waals surface area contributed by atoms with Gasteiger partial charge in [-0.3, -0.25) is 0 Å². The van der Waals surface area contributed by atoms with Crippen LogP contribution < -0.4 is 9.85 Å². The molecule has 0 fully saturated rings. The van der Waals surface area contributed by atoms with E-state index in [9.17, 15) is 5.21 Å². The van der Waals surface area contributed by atoms with Crippen LogP contribution in [0.4, 0.5) is 5.82 Å². The van der Waals surface area contributed by atoms with E-state index >= 15 is 0 Å². The summed E-state index contributed by atoms with van der Waals surface area (Å²) in [5.74, 6) is 0.503. The first-order valence-corrected chi connectivity index (χ1v) is 4.60. The Balaban J connectivity index is 2.80. The molecule has 0 spiro atoms. The molecule has 0 unspecified atom stereocenters. The minimum Gasteiger partial charge on any atom is -0.594 e. The lowest BCUT2D eigenvalue weighted by Gasteiger charge is -2.11. The number of anilines is 1. The first-order chi connectivity index (χ1) is 7.15. The highest BCUT2D eigenvalue weighted by Crippen LogP contribution is 2.11. The van der Waals surface area contributed by atoms with Crippen LogP contribution >= 0.6 is 0 Å². The molecule has 1 aromatic rings. The molecule has 0 amide bonds. The normalized spacial score (nSPS) is 10.6. The third-order valence-corrected chi connectivity index (χ3v) is 1.77. The zero-order chi connectivity index (χ0) is 11.3. The average molecular weight is 210 g/mol. The maximum Gasteiger partial charge on any atom is 0.221 e. The van der Waals surface area contributed by atoms with Crippen LogP contribution in [0.1, 0.15) is 12.5 Å². The molecule has 1 rings (SSSR count). The number of ether oxygens (including phenoxy) is 1. The fraction of sp³-hybridized carbons (Fsp3) is 0.444. The summed E-state index contributed by atoms with van der Waals surface area (Å²) in [5, 5.41) is 20.2. The third-order valence-electron chi connectivity index (χ3n) is 1.77. The van der Waals surface area contributed by atoms with E-state index in [2.05, 4.69) is 10.2 Å². The summed E-state index contributed by atoms with van der Waals surface area (Å²) in [4.78, 5) is 0.495. The van der Waals surface area contributed by atoms with E-state index in [1.54, 1.807) is 13.1 Å². The summed E-state index contributed by atoms with van der Waals surface area (Å²) in [6, 6.07) is 1.68. The van der Waals surface area contributed by atoms with Gasteiger partial charge in [0.15, 0.2) is 6.40 Å². The highest BCUT2D eigenvalue weighted by molar-refractivity contribution is 5.51. The van der Waals surface area contributed by atoms with Gasteiger partial charge in [-0.15, -0.1) is 5.10 Å². The average Bonchev–Trinajstić information content (AvgIpc) is 2.22. The van der Waals surface area contributed by atoms with E-state index in [-0.39, 0.29) is 0 Å². The van der Waals surface area contributed by atoms with E-state index in [1.807, 2.05) is 13.8 Å². The summed E-state index contributed by atoms with van der Waals surface area (Å²) in [7, 11) is 1.70. The molecule has 0 aliphatic heterocycles. The minimum atomic E-state index is 0.495. The molecule has 0 saturated heterocycles. The number of aryl methyl sites for hydroxylation is 1. The molecule has 0 N–H and O–H groups in total. The quantitative estimate of drug-likeness (QED) is 0.238. The van der Waals surface area contributed by atoms with Gasteiger partial charge in [0.2, 0.25) is 12.0 Å². The van der Waals surface area contributed by atoms with Gasteiger partial charge in [0.05, 0.1) is 6.61 Å². The van der Waals surface area contributed by atoms with Gasteiger partial charge in [-0.25, -0.2) is 5.01 Å². The molecule has 1 heterocycles. The van der Waals surface area contributed by atoms with Crippen LogP contribution in [0.15, 0.2) is 17.4 Å². The van der Waals surface area contributed by atoms with Crippen LogP contribution in [0, 0.1) is 12.1 Å². The number of hydrogen-bond acceptors (Lipinski definition) is 5. The van der Waals surface area contributed by atoms with Crippen molar-refractivity contribution in [2.24, 2.45) is 5.10 Å². The van der Waals surface area contributed by atoms with Crippen molar-refractivity contribution in [2.75, 3.05) is 18.7 Å². The number of hydrogen-bond donors (Lipinski definition) is 0. The third kappa shape index (κ3) is 3.08. The Kier molecular flexibility index (Phi) is 3.84. The van der Waals surface area contributed by atoms with Gasteiger partial charge < -0.3 is 9.94 Å². The summed E-state index contributed by atoms with van der Waals surface area (Å²) in [5.41, 5.74) is 0.873. The highest BCUT2D eigenvalue weighted by Gasteiger charge is 2.08. The number of rotatable bonds is 4. The molecule has 1 aromatic heterocycles. The molecule has 0 bridgehead atoms. The zero-order valence-electron chi connectivity index (χ0n) is 9.04. The van der Waals surface area contributed by atoms with Gasteiger partial charge in [-0.05, 0) is 13.8 Å². The van der Waals surface area contributed by atoms with Gasteiger partial charge in [0, 0.05) is 23.8 Å². The molecular formula is C9H14N4O2. The minimum absolute atomic E-state index is 0.495. The van der Waals surface area contributed by atoms with Crippen molar-refractivity contribution in [1.82, 2.24) is 5.10 Å². The van der Waals surface area contributed by atoms with Crippen molar-refractivity contribution in [2.45, 2.75) is 13.8 Å². The van der Waals surface area contributed by atoms with E-state index in [0.717, 1.165) is 5.56 Å². The molecule has 0 aliphatic rings. The van der Waals surface area contributed by atoms with Crippen LogP contribution in [0.3, 0.4) is 0 Å². The van der Waals surface area contributed by atoms with Crippen LogP contribution in [0.2, 0.25) is 0 Å². The molecule has 0 aromatic carbocycles. The molecule has 6 heteroatoms. The van der Waals surface area contributed by atoms with E-state index in [1.165, 1.54) is 17.6 Å². The zero-order valence-corrected chi connectivity index (χ0v) is 9.04. The number of aromatic nitrogens is 2. The smallest absolute Gasteiger partial charge is 0.221 e. The van der Waals surface area contributed by atoms with Crippen LogP contribution in [-0.4, -0.2) is 25.2 Å². The van der Waals surface area contributed by atoms with Gasteiger partial charge in [0.25, 0.3) is 0 Å². The molecule has 0 radical (unpaired) electrons. The highest BCUT2D eigenvalue weighted by atomic mass is 16.5. The Morgan fingerprint density at radius 1 is 1.73 bits per heavy atom. The molecule has 6 nitrogen and oxygen atoms in total. The maximum atomic E-state index is 11.0. The lowest BCUT2D eigenvalue weighted by Crippen LogP contribution is -2.32. The molecule has 0 atom stereocenters.